The summed E-state index contributed by atoms with van der Waals surface area (Å²) in [6, 6.07) is 24.6. The molecule has 0 aromatic heterocycles. The molecule has 208 valence electrons. The number of nitrogen functional groups attached to an aromatic ring is 1. The van der Waals surface area contributed by atoms with Crippen LogP contribution in [0.1, 0.15) is 11.1 Å². The molecular weight excluding hydrogens is 648 g/mol. The Hall–Kier alpha value is -4.16. The first kappa shape index (κ1) is 30.4. The van der Waals surface area contributed by atoms with E-state index < -0.39 is 9.85 Å². The van der Waals surface area contributed by atoms with Gasteiger partial charge in [0.2, 0.25) is 0 Å². The molecule has 0 atom stereocenters. The number of hydrogen-bond donors (Lipinski definition) is 1. The third kappa shape index (κ3) is 7.93. The number of non-ortho nitro benzene ring substituents is 2. The molecule has 0 heterocycles. The fourth-order valence-electron chi connectivity index (χ4n) is 3.77. The lowest BCUT2D eigenvalue weighted by atomic mass is 10.1. The summed E-state index contributed by atoms with van der Waals surface area (Å²) in [5, 5.41) is 21.6. The SMILES string of the molecule is COc1ccc([N+](=O)[O-])cc1N.COc1ccc([N+](=O)[O-])cc1N(Cc1ccccc1Br)Cc1ccccc1Br. The van der Waals surface area contributed by atoms with Gasteiger partial charge < -0.3 is 20.1 Å². The zero-order chi connectivity index (χ0) is 29.2. The van der Waals surface area contributed by atoms with Crippen LogP contribution in [0, 0.1) is 20.2 Å². The van der Waals surface area contributed by atoms with Crippen molar-refractivity contribution in [3.05, 3.63) is 125 Å². The second-order valence-corrected chi connectivity index (χ2v) is 10.0. The van der Waals surface area contributed by atoms with Crippen molar-refractivity contribution in [3.8, 4) is 11.5 Å². The van der Waals surface area contributed by atoms with Crippen molar-refractivity contribution in [1.29, 1.82) is 0 Å². The first-order valence-corrected chi connectivity index (χ1v) is 13.3. The van der Waals surface area contributed by atoms with Crippen molar-refractivity contribution in [2.45, 2.75) is 13.1 Å². The minimum absolute atomic E-state index is 0.0278. The van der Waals surface area contributed by atoms with Gasteiger partial charge in [-0.2, -0.15) is 0 Å². The van der Waals surface area contributed by atoms with Crippen LogP contribution in [-0.4, -0.2) is 24.1 Å². The van der Waals surface area contributed by atoms with Crippen LogP contribution in [0.25, 0.3) is 0 Å². The molecule has 4 aromatic rings. The van der Waals surface area contributed by atoms with Gasteiger partial charge in [0, 0.05) is 46.3 Å². The van der Waals surface area contributed by atoms with Crippen LogP contribution in [0.4, 0.5) is 22.7 Å². The molecule has 0 aliphatic carbocycles. The number of anilines is 2. The summed E-state index contributed by atoms with van der Waals surface area (Å²) in [6.45, 7) is 1.11. The number of nitro benzene ring substituents is 2. The van der Waals surface area contributed by atoms with E-state index in [1.807, 2.05) is 48.5 Å². The minimum atomic E-state index is -0.504. The summed E-state index contributed by atoms with van der Waals surface area (Å²) in [4.78, 5) is 22.8. The molecular formula is C28H26Br2N4O6. The topological polar surface area (TPSA) is 134 Å². The molecule has 40 heavy (non-hydrogen) atoms. The van der Waals surface area contributed by atoms with E-state index in [2.05, 4.69) is 36.8 Å². The Morgan fingerprint density at radius 3 is 1.60 bits per heavy atom. The maximum atomic E-state index is 11.3. The fraction of sp³-hybridized carbons (Fsp3) is 0.143. The molecule has 0 unspecified atom stereocenters. The first-order chi connectivity index (χ1) is 19.1. The first-order valence-electron chi connectivity index (χ1n) is 11.8. The molecule has 12 heteroatoms. The number of nitrogens with two attached hydrogens (primary N) is 1. The Morgan fingerprint density at radius 2 is 1.18 bits per heavy atom. The van der Waals surface area contributed by atoms with E-state index >= 15 is 0 Å². The van der Waals surface area contributed by atoms with Crippen molar-refractivity contribution < 1.29 is 19.3 Å². The monoisotopic (exact) mass is 672 g/mol. The molecule has 0 saturated carbocycles. The largest absolute Gasteiger partial charge is 0.495 e. The van der Waals surface area contributed by atoms with Gasteiger partial charge in [-0.1, -0.05) is 68.3 Å². The second-order valence-electron chi connectivity index (χ2n) is 8.34. The average Bonchev–Trinajstić information content (AvgIpc) is 2.94. The maximum Gasteiger partial charge on any atom is 0.271 e. The molecule has 0 aliphatic heterocycles. The van der Waals surface area contributed by atoms with Crippen molar-refractivity contribution in [1.82, 2.24) is 0 Å². The predicted molar refractivity (Wildman–Crippen MR) is 162 cm³/mol. The van der Waals surface area contributed by atoms with E-state index in [9.17, 15) is 20.2 Å². The van der Waals surface area contributed by atoms with Crippen LogP contribution in [0.15, 0.2) is 93.9 Å². The molecule has 4 aromatic carbocycles. The van der Waals surface area contributed by atoms with Gasteiger partial charge in [0.05, 0.1) is 35.4 Å². The van der Waals surface area contributed by atoms with Gasteiger partial charge in [-0.3, -0.25) is 20.2 Å². The van der Waals surface area contributed by atoms with Crippen LogP contribution < -0.4 is 20.1 Å². The van der Waals surface area contributed by atoms with Gasteiger partial charge in [-0.25, -0.2) is 0 Å². The third-order valence-electron chi connectivity index (χ3n) is 5.78. The Labute approximate surface area is 247 Å². The number of halogens is 2. The highest BCUT2D eigenvalue weighted by molar-refractivity contribution is 9.10. The Kier molecular flexibility index (Phi) is 10.9. The highest BCUT2D eigenvalue weighted by atomic mass is 79.9. The molecule has 0 spiro atoms. The number of methoxy groups -OCH3 is 2. The molecule has 0 radical (unpaired) electrons. The smallest absolute Gasteiger partial charge is 0.271 e. The molecule has 0 aliphatic rings. The lowest BCUT2D eigenvalue weighted by Gasteiger charge is -2.27. The van der Waals surface area contributed by atoms with Crippen LogP contribution in [0.3, 0.4) is 0 Å². The van der Waals surface area contributed by atoms with Crippen molar-refractivity contribution in [2.75, 3.05) is 24.9 Å². The molecule has 10 nitrogen and oxygen atoms in total. The average molecular weight is 674 g/mol. The van der Waals surface area contributed by atoms with E-state index in [4.69, 9.17) is 15.2 Å². The standard InChI is InChI=1S/C21H18Br2N2O3.C7H8N2O3/c1-28-21-11-10-17(25(26)27)12-20(21)24(13-15-6-2-4-8-18(15)22)14-16-7-3-5-9-19(16)23;1-12-7-3-2-5(9(10)11)4-6(7)8/h2-12H,13-14H2,1H3;2-4H,8H2,1H3. The minimum Gasteiger partial charge on any atom is -0.495 e. The maximum absolute atomic E-state index is 11.3. The van der Waals surface area contributed by atoms with E-state index in [-0.39, 0.29) is 17.1 Å². The zero-order valence-corrected chi connectivity index (χ0v) is 24.8. The Balaban J connectivity index is 0.000000307. The number of nitrogens with zero attached hydrogens (tertiary/aromatic N) is 3. The highest BCUT2D eigenvalue weighted by Crippen LogP contribution is 2.35. The van der Waals surface area contributed by atoms with Gasteiger partial charge in [0.1, 0.15) is 11.5 Å². The molecule has 4 rings (SSSR count). The van der Waals surface area contributed by atoms with Crippen LogP contribution >= 0.6 is 31.9 Å². The third-order valence-corrected chi connectivity index (χ3v) is 7.32. The lowest BCUT2D eigenvalue weighted by Crippen LogP contribution is -2.23. The molecule has 2 N–H and O–H groups in total. The quantitative estimate of drug-likeness (QED) is 0.110. The van der Waals surface area contributed by atoms with Crippen LogP contribution in [0.2, 0.25) is 0 Å². The second kappa shape index (κ2) is 14.3. The van der Waals surface area contributed by atoms with Gasteiger partial charge >= 0.3 is 0 Å². The highest BCUT2D eigenvalue weighted by Gasteiger charge is 2.19. The van der Waals surface area contributed by atoms with Crippen LogP contribution in [-0.2, 0) is 13.1 Å². The summed E-state index contributed by atoms with van der Waals surface area (Å²) in [6.07, 6.45) is 0. The predicted octanol–water partition coefficient (Wildman–Crippen LogP) is 7.52. The Morgan fingerprint density at radius 1 is 0.725 bits per heavy atom. The zero-order valence-electron chi connectivity index (χ0n) is 21.6. The number of benzene rings is 4. The summed E-state index contributed by atoms with van der Waals surface area (Å²) >= 11 is 7.19. The fourth-order valence-corrected chi connectivity index (χ4v) is 4.59. The van der Waals surface area contributed by atoms with E-state index in [1.54, 1.807) is 19.2 Å². The summed E-state index contributed by atoms with van der Waals surface area (Å²) in [5.74, 6) is 1.03. The molecule has 0 fully saturated rings. The normalized spacial score (nSPS) is 10.2. The van der Waals surface area contributed by atoms with E-state index in [1.165, 1.54) is 31.4 Å². The van der Waals surface area contributed by atoms with E-state index in [0.29, 0.717) is 30.3 Å². The van der Waals surface area contributed by atoms with Gasteiger partial charge in [0.15, 0.2) is 0 Å². The number of hydrogen-bond acceptors (Lipinski definition) is 8. The Bertz CT molecular complexity index is 1450. The van der Waals surface area contributed by atoms with Gasteiger partial charge in [-0.15, -0.1) is 0 Å². The molecule has 0 amide bonds. The van der Waals surface area contributed by atoms with Crippen molar-refractivity contribution in [3.63, 3.8) is 0 Å². The lowest BCUT2D eigenvalue weighted by molar-refractivity contribution is -0.385. The summed E-state index contributed by atoms with van der Waals surface area (Å²) in [7, 11) is 3.03. The van der Waals surface area contributed by atoms with E-state index in [0.717, 1.165) is 20.1 Å². The molecule has 0 bridgehead atoms. The summed E-state index contributed by atoms with van der Waals surface area (Å²) in [5.41, 5.74) is 8.52. The molecule has 0 saturated heterocycles. The van der Waals surface area contributed by atoms with Crippen molar-refractivity contribution in [2.24, 2.45) is 0 Å². The van der Waals surface area contributed by atoms with Crippen molar-refractivity contribution >= 4 is 54.6 Å². The number of nitro groups is 2. The van der Waals surface area contributed by atoms with Crippen LogP contribution in [0.5, 0.6) is 11.5 Å². The van der Waals surface area contributed by atoms with Gasteiger partial charge in [0.25, 0.3) is 11.4 Å². The summed E-state index contributed by atoms with van der Waals surface area (Å²) < 4.78 is 12.3. The number of ether oxygens (including phenoxy) is 2. The number of rotatable bonds is 9. The van der Waals surface area contributed by atoms with Gasteiger partial charge in [-0.05, 0) is 35.4 Å².